The summed E-state index contributed by atoms with van der Waals surface area (Å²) in [5.41, 5.74) is 3.79. The summed E-state index contributed by atoms with van der Waals surface area (Å²) in [6.07, 6.45) is 6.63. The van der Waals surface area contributed by atoms with E-state index in [4.69, 9.17) is 0 Å². The van der Waals surface area contributed by atoms with Crippen molar-refractivity contribution in [3.63, 3.8) is 0 Å². The second-order valence-corrected chi connectivity index (χ2v) is 10.5. The van der Waals surface area contributed by atoms with Crippen molar-refractivity contribution in [3.05, 3.63) is 119 Å². The van der Waals surface area contributed by atoms with Crippen LogP contribution in [0.3, 0.4) is 0 Å². The van der Waals surface area contributed by atoms with Gasteiger partial charge in [0.15, 0.2) is 0 Å². The molecule has 0 aromatic heterocycles. The van der Waals surface area contributed by atoms with E-state index in [1.165, 1.54) is 24.3 Å². The van der Waals surface area contributed by atoms with E-state index in [1.807, 2.05) is 48.5 Å². The molecule has 38 heavy (non-hydrogen) atoms. The molecule has 0 aliphatic carbocycles. The minimum Gasteiger partial charge on any atom is -0.744 e. The van der Waals surface area contributed by atoms with Gasteiger partial charge in [-0.2, -0.15) is 0 Å². The molecule has 0 heterocycles. The molecule has 4 aromatic rings. The van der Waals surface area contributed by atoms with Gasteiger partial charge in [0.1, 0.15) is 20.2 Å². The van der Waals surface area contributed by atoms with Gasteiger partial charge in [-0.05, 0) is 45.5 Å². The summed E-state index contributed by atoms with van der Waals surface area (Å²) in [6, 6.07) is 26.9. The van der Waals surface area contributed by atoms with Gasteiger partial charge >= 0.3 is 59.1 Å². The van der Waals surface area contributed by atoms with Crippen LogP contribution in [-0.4, -0.2) is 25.9 Å². The molecule has 0 saturated heterocycles. The van der Waals surface area contributed by atoms with Crippen LogP contribution in [0.1, 0.15) is 22.3 Å². The zero-order valence-electron chi connectivity index (χ0n) is 20.8. The van der Waals surface area contributed by atoms with E-state index in [0.717, 1.165) is 22.3 Å². The average molecular weight is 563 g/mol. The first-order chi connectivity index (χ1) is 17.1. The molecule has 0 aliphatic rings. The van der Waals surface area contributed by atoms with E-state index in [9.17, 15) is 25.9 Å². The van der Waals surface area contributed by atoms with Crippen molar-refractivity contribution >= 4 is 44.5 Å². The Labute approximate surface area is 267 Å². The predicted octanol–water partition coefficient (Wildman–Crippen LogP) is -0.489. The first-order valence-corrected chi connectivity index (χ1v) is 13.6. The summed E-state index contributed by atoms with van der Waals surface area (Å²) in [5, 5.41) is 0. The third-order valence-corrected chi connectivity index (χ3v) is 7.29. The van der Waals surface area contributed by atoms with Gasteiger partial charge in [0, 0.05) is 0 Å². The summed E-state index contributed by atoms with van der Waals surface area (Å²) in [5.74, 6) is 0. The van der Waals surface area contributed by atoms with Crippen molar-refractivity contribution in [2.24, 2.45) is 0 Å². The number of rotatable bonds is 7. The molecule has 0 N–H and O–H groups in total. The summed E-state index contributed by atoms with van der Waals surface area (Å²) in [7, 11) is -9.26. The summed E-state index contributed by atoms with van der Waals surface area (Å²) in [4.78, 5) is -0.594. The Balaban J connectivity index is 0.00000253. The van der Waals surface area contributed by atoms with Crippen molar-refractivity contribution in [1.82, 2.24) is 0 Å². The van der Waals surface area contributed by atoms with Crippen molar-refractivity contribution in [3.8, 4) is 11.1 Å². The topological polar surface area (TPSA) is 114 Å². The zero-order valence-corrected chi connectivity index (χ0v) is 26.4. The second kappa shape index (κ2) is 14.0. The molecular formula is C28H20Na2O6S2. The third kappa shape index (κ3) is 8.09. The third-order valence-electron chi connectivity index (χ3n) is 5.47. The summed E-state index contributed by atoms with van der Waals surface area (Å²) in [6.45, 7) is 0. The monoisotopic (exact) mass is 562 g/mol. The molecule has 10 heteroatoms. The van der Waals surface area contributed by atoms with Crippen LogP contribution in [0.25, 0.3) is 35.4 Å². The molecule has 0 unspecified atom stereocenters. The molecule has 6 nitrogen and oxygen atoms in total. The fraction of sp³-hybridized carbons (Fsp3) is 0. The number of hydrogen-bond acceptors (Lipinski definition) is 6. The minimum atomic E-state index is -4.63. The maximum atomic E-state index is 11.6. The second-order valence-electron chi connectivity index (χ2n) is 7.83. The first kappa shape index (κ1) is 32.4. The van der Waals surface area contributed by atoms with E-state index in [2.05, 4.69) is 0 Å². The SMILES string of the molecule is O=S(=O)([O-])c1ccccc1/C=C/c1ccccc1-c1ccccc1/C=C/c1ccccc1S(=O)(=O)[O-].[Na+].[Na+]. The van der Waals surface area contributed by atoms with Crippen LogP contribution in [0.15, 0.2) is 107 Å². The molecule has 4 rings (SSSR count). The smallest absolute Gasteiger partial charge is 0.744 e. The first-order valence-electron chi connectivity index (χ1n) is 10.8. The van der Waals surface area contributed by atoms with Gasteiger partial charge in [-0.15, -0.1) is 0 Å². The van der Waals surface area contributed by atoms with E-state index in [1.54, 1.807) is 48.6 Å². The van der Waals surface area contributed by atoms with Gasteiger partial charge in [0.2, 0.25) is 0 Å². The van der Waals surface area contributed by atoms with Crippen molar-refractivity contribution in [2.45, 2.75) is 9.79 Å². The Morgan fingerprint density at radius 3 is 1.03 bits per heavy atom. The molecule has 0 amide bonds. The molecule has 0 spiro atoms. The van der Waals surface area contributed by atoms with Gasteiger partial charge in [-0.25, -0.2) is 16.8 Å². The fourth-order valence-electron chi connectivity index (χ4n) is 3.83. The van der Waals surface area contributed by atoms with Crippen molar-refractivity contribution in [1.29, 1.82) is 0 Å². The van der Waals surface area contributed by atoms with Crippen LogP contribution in [0.4, 0.5) is 0 Å². The van der Waals surface area contributed by atoms with Gasteiger partial charge in [0.25, 0.3) is 0 Å². The molecule has 4 aromatic carbocycles. The predicted molar refractivity (Wildman–Crippen MR) is 139 cm³/mol. The summed E-state index contributed by atoms with van der Waals surface area (Å²) >= 11 is 0. The standard InChI is InChI=1S/C28H22O6S2.2Na/c29-35(30,31)27-15-7-3-11-23(27)19-17-21-9-1-5-13-25(21)26-14-6-2-10-22(26)18-20-24-12-4-8-16-28(24)36(32,33)34;;/h1-20H,(H,29,30,31)(H,32,33,34);;/q;2*+1/p-2/b19-17+,20-18+;;. The van der Waals surface area contributed by atoms with Crippen LogP contribution >= 0.6 is 0 Å². The molecular weight excluding hydrogens is 542 g/mol. The van der Waals surface area contributed by atoms with E-state index < -0.39 is 20.2 Å². The van der Waals surface area contributed by atoms with Crippen LogP contribution < -0.4 is 59.1 Å². The van der Waals surface area contributed by atoms with Crippen molar-refractivity contribution < 1.29 is 85.1 Å². The maximum Gasteiger partial charge on any atom is 1.00 e. The normalized spacial score (nSPS) is 11.7. The number of benzene rings is 4. The molecule has 0 radical (unpaired) electrons. The van der Waals surface area contributed by atoms with E-state index in [-0.39, 0.29) is 80.0 Å². The molecule has 0 atom stereocenters. The van der Waals surface area contributed by atoms with E-state index >= 15 is 0 Å². The Kier molecular flexibility index (Phi) is 11.9. The molecule has 0 saturated carbocycles. The van der Waals surface area contributed by atoms with Crippen LogP contribution in [0.2, 0.25) is 0 Å². The minimum absolute atomic E-state index is 0. The maximum absolute atomic E-state index is 11.6. The van der Waals surface area contributed by atoms with Gasteiger partial charge in [0.05, 0.1) is 9.79 Å². The Hall–Kier alpha value is -1.82. The Morgan fingerprint density at radius 2 is 0.684 bits per heavy atom. The molecule has 0 bridgehead atoms. The zero-order chi connectivity index (χ0) is 25.8. The largest absolute Gasteiger partial charge is 1.00 e. The average Bonchev–Trinajstić information content (AvgIpc) is 2.86. The van der Waals surface area contributed by atoms with Crippen molar-refractivity contribution in [2.75, 3.05) is 0 Å². The molecule has 0 aliphatic heterocycles. The summed E-state index contributed by atoms with van der Waals surface area (Å²) < 4.78 is 69.7. The van der Waals surface area contributed by atoms with Gasteiger partial charge < -0.3 is 9.11 Å². The fourth-order valence-corrected chi connectivity index (χ4v) is 5.17. The van der Waals surface area contributed by atoms with E-state index in [0.29, 0.717) is 0 Å². The Morgan fingerprint density at radius 1 is 0.421 bits per heavy atom. The molecule has 0 fully saturated rings. The molecule has 182 valence electrons. The van der Waals surface area contributed by atoms with Crippen LogP contribution in [-0.2, 0) is 20.2 Å². The van der Waals surface area contributed by atoms with Crippen LogP contribution in [0, 0.1) is 0 Å². The van der Waals surface area contributed by atoms with Gasteiger partial charge in [-0.3, -0.25) is 0 Å². The quantitative estimate of drug-likeness (QED) is 0.171. The van der Waals surface area contributed by atoms with Gasteiger partial charge in [-0.1, -0.05) is 109 Å². The number of hydrogen-bond donors (Lipinski definition) is 0. The Bertz CT molecular complexity index is 1570. The van der Waals surface area contributed by atoms with Crippen LogP contribution in [0.5, 0.6) is 0 Å².